The summed E-state index contributed by atoms with van der Waals surface area (Å²) in [7, 11) is 1.84. The van der Waals surface area contributed by atoms with Crippen LogP contribution < -0.4 is 10.6 Å². The number of rotatable bonds is 3. The number of likely N-dealkylation sites (N-methyl/N-ethyl adjacent to an activating group) is 1. The van der Waals surface area contributed by atoms with Crippen LogP contribution in [0.1, 0.15) is 5.56 Å². The second kappa shape index (κ2) is 4.80. The van der Waals surface area contributed by atoms with Gasteiger partial charge >= 0.3 is 0 Å². The summed E-state index contributed by atoms with van der Waals surface area (Å²) in [5.74, 6) is 0.594. The Morgan fingerprint density at radius 2 is 2.43 bits per heavy atom. The Morgan fingerprint density at radius 3 is 3.00 bits per heavy atom. The molecule has 14 heavy (non-hydrogen) atoms. The summed E-state index contributed by atoms with van der Waals surface area (Å²) in [5, 5.41) is 9.13. The van der Waals surface area contributed by atoms with Gasteiger partial charge in [0.15, 0.2) is 0 Å². The van der Waals surface area contributed by atoms with E-state index in [1.54, 1.807) is 12.3 Å². The highest BCUT2D eigenvalue weighted by Gasteiger charge is 2.10. The van der Waals surface area contributed by atoms with Crippen molar-refractivity contribution in [3.8, 4) is 6.07 Å². The highest BCUT2D eigenvalue weighted by atomic mass is 35.5. The second-order valence-electron chi connectivity index (χ2n) is 2.82. The van der Waals surface area contributed by atoms with Gasteiger partial charge in [-0.25, -0.2) is 4.98 Å². The smallest absolute Gasteiger partial charge is 0.148 e. The Hall–Kier alpha value is -1.31. The average Bonchev–Trinajstić information content (AvgIpc) is 2.18. The number of nitriles is 1. The predicted molar refractivity (Wildman–Crippen MR) is 56.3 cm³/mol. The molecule has 0 saturated heterocycles. The summed E-state index contributed by atoms with van der Waals surface area (Å²) in [6, 6.07) is 3.59. The Kier molecular flexibility index (Phi) is 3.69. The fourth-order valence-corrected chi connectivity index (χ4v) is 1.38. The maximum absolute atomic E-state index is 8.75. The molecular formula is C9H11ClN4. The minimum atomic E-state index is 0.381. The summed E-state index contributed by atoms with van der Waals surface area (Å²) in [5.41, 5.74) is 5.84. The number of nitrogens with two attached hydrogens (primary N) is 1. The van der Waals surface area contributed by atoms with Gasteiger partial charge in [-0.2, -0.15) is 5.26 Å². The fraction of sp³-hybridized carbons (Fsp3) is 0.333. The van der Waals surface area contributed by atoms with E-state index < -0.39 is 0 Å². The first-order valence-corrected chi connectivity index (χ1v) is 4.54. The molecule has 74 valence electrons. The van der Waals surface area contributed by atoms with Crippen LogP contribution >= 0.6 is 11.6 Å². The highest BCUT2D eigenvalue weighted by molar-refractivity contribution is 6.34. The van der Waals surface area contributed by atoms with Crippen molar-refractivity contribution >= 4 is 17.4 Å². The van der Waals surface area contributed by atoms with E-state index in [-0.39, 0.29) is 0 Å². The predicted octanol–water partition coefficient (Wildman–Crippen LogP) is 1.00. The van der Waals surface area contributed by atoms with Gasteiger partial charge in [-0.1, -0.05) is 11.6 Å². The molecule has 0 atom stereocenters. The van der Waals surface area contributed by atoms with Crippen molar-refractivity contribution in [1.82, 2.24) is 4.98 Å². The molecule has 0 amide bonds. The number of anilines is 1. The Bertz CT molecular complexity index is 358. The molecule has 0 aromatic carbocycles. The molecule has 0 unspecified atom stereocenters. The van der Waals surface area contributed by atoms with Crippen LogP contribution in [0.3, 0.4) is 0 Å². The Morgan fingerprint density at radius 1 is 1.71 bits per heavy atom. The lowest BCUT2D eigenvalue weighted by molar-refractivity contribution is 0.868. The summed E-state index contributed by atoms with van der Waals surface area (Å²) in [6.45, 7) is 1.17. The molecule has 0 radical (unpaired) electrons. The van der Waals surface area contributed by atoms with Gasteiger partial charge in [0, 0.05) is 26.3 Å². The van der Waals surface area contributed by atoms with E-state index in [9.17, 15) is 0 Å². The van der Waals surface area contributed by atoms with Crippen molar-refractivity contribution in [2.24, 2.45) is 5.73 Å². The SMILES string of the molecule is CN(CCN)c1nccc(C#N)c1Cl. The van der Waals surface area contributed by atoms with Crippen LogP contribution in [0.2, 0.25) is 5.02 Å². The van der Waals surface area contributed by atoms with Crippen LogP contribution in [0, 0.1) is 11.3 Å². The first-order chi connectivity index (χ1) is 6.70. The summed E-state index contributed by atoms with van der Waals surface area (Å²) in [6.07, 6.45) is 1.56. The lowest BCUT2D eigenvalue weighted by Crippen LogP contribution is -2.26. The minimum absolute atomic E-state index is 0.381. The molecule has 5 heteroatoms. The summed E-state index contributed by atoms with van der Waals surface area (Å²) < 4.78 is 0. The van der Waals surface area contributed by atoms with Crippen LogP contribution in [0.5, 0.6) is 0 Å². The van der Waals surface area contributed by atoms with E-state index in [1.807, 2.05) is 18.0 Å². The topological polar surface area (TPSA) is 65.9 Å². The number of pyridine rings is 1. The first kappa shape index (κ1) is 10.8. The highest BCUT2D eigenvalue weighted by Crippen LogP contribution is 2.24. The molecule has 0 saturated carbocycles. The van der Waals surface area contributed by atoms with E-state index in [0.717, 1.165) is 0 Å². The van der Waals surface area contributed by atoms with Crippen molar-refractivity contribution < 1.29 is 0 Å². The van der Waals surface area contributed by atoms with Gasteiger partial charge in [0.25, 0.3) is 0 Å². The number of nitrogens with zero attached hydrogens (tertiary/aromatic N) is 3. The number of aromatic nitrogens is 1. The standard InChI is InChI=1S/C9H11ClN4/c1-14(5-3-11)9-8(10)7(6-12)2-4-13-9/h2,4H,3,5,11H2,1H3. The zero-order valence-electron chi connectivity index (χ0n) is 7.87. The lowest BCUT2D eigenvalue weighted by atomic mass is 10.3. The molecule has 0 bridgehead atoms. The molecule has 1 aromatic heterocycles. The van der Waals surface area contributed by atoms with Crippen LogP contribution in [-0.4, -0.2) is 25.1 Å². The molecule has 1 aromatic rings. The second-order valence-corrected chi connectivity index (χ2v) is 3.20. The zero-order valence-corrected chi connectivity index (χ0v) is 8.62. The summed E-state index contributed by atoms with van der Waals surface area (Å²) >= 11 is 5.97. The van der Waals surface area contributed by atoms with E-state index in [0.29, 0.717) is 29.5 Å². The largest absolute Gasteiger partial charge is 0.357 e. The zero-order chi connectivity index (χ0) is 10.6. The van der Waals surface area contributed by atoms with Crippen molar-refractivity contribution in [3.63, 3.8) is 0 Å². The molecule has 1 rings (SSSR count). The fourth-order valence-electron chi connectivity index (χ4n) is 1.08. The molecule has 4 nitrogen and oxygen atoms in total. The Labute approximate surface area is 87.9 Å². The van der Waals surface area contributed by atoms with Crippen LogP contribution in [-0.2, 0) is 0 Å². The molecular weight excluding hydrogens is 200 g/mol. The lowest BCUT2D eigenvalue weighted by Gasteiger charge is -2.18. The molecule has 0 aliphatic heterocycles. The van der Waals surface area contributed by atoms with Gasteiger partial charge in [0.05, 0.1) is 5.56 Å². The average molecular weight is 211 g/mol. The molecule has 0 aliphatic rings. The van der Waals surface area contributed by atoms with Crippen molar-refractivity contribution in [2.75, 3.05) is 25.0 Å². The molecule has 0 fully saturated rings. The number of hydrogen-bond acceptors (Lipinski definition) is 4. The van der Waals surface area contributed by atoms with Gasteiger partial charge in [-0.15, -0.1) is 0 Å². The molecule has 0 spiro atoms. The molecule has 2 N–H and O–H groups in total. The van der Waals surface area contributed by atoms with Gasteiger partial charge < -0.3 is 10.6 Å². The maximum atomic E-state index is 8.75. The third-order valence-corrected chi connectivity index (χ3v) is 2.19. The van der Waals surface area contributed by atoms with Crippen molar-refractivity contribution in [3.05, 3.63) is 22.8 Å². The molecule has 0 aliphatic carbocycles. The minimum Gasteiger partial charge on any atom is -0.357 e. The van der Waals surface area contributed by atoms with E-state index in [1.165, 1.54) is 0 Å². The third kappa shape index (κ3) is 2.13. The normalized spacial score (nSPS) is 9.57. The number of hydrogen-bond donors (Lipinski definition) is 1. The van der Waals surface area contributed by atoms with Gasteiger partial charge in [-0.05, 0) is 6.07 Å². The van der Waals surface area contributed by atoms with Crippen LogP contribution in [0.15, 0.2) is 12.3 Å². The first-order valence-electron chi connectivity index (χ1n) is 4.16. The third-order valence-electron chi connectivity index (χ3n) is 1.82. The van der Waals surface area contributed by atoms with E-state index >= 15 is 0 Å². The van der Waals surface area contributed by atoms with Crippen molar-refractivity contribution in [2.45, 2.75) is 0 Å². The molecule has 1 heterocycles. The van der Waals surface area contributed by atoms with Crippen LogP contribution in [0.4, 0.5) is 5.82 Å². The van der Waals surface area contributed by atoms with E-state index in [2.05, 4.69) is 4.98 Å². The summed E-state index contributed by atoms with van der Waals surface area (Å²) in [4.78, 5) is 5.92. The number of halogens is 1. The quantitative estimate of drug-likeness (QED) is 0.809. The van der Waals surface area contributed by atoms with E-state index in [4.69, 9.17) is 22.6 Å². The van der Waals surface area contributed by atoms with Crippen molar-refractivity contribution in [1.29, 1.82) is 5.26 Å². The van der Waals surface area contributed by atoms with Gasteiger partial charge in [0.2, 0.25) is 0 Å². The maximum Gasteiger partial charge on any atom is 0.148 e. The monoisotopic (exact) mass is 210 g/mol. The van der Waals surface area contributed by atoms with Gasteiger partial charge in [0.1, 0.15) is 16.9 Å². The van der Waals surface area contributed by atoms with Gasteiger partial charge in [-0.3, -0.25) is 0 Å². The Balaban J connectivity index is 3.04. The van der Waals surface area contributed by atoms with Crippen LogP contribution in [0.25, 0.3) is 0 Å².